The molecule has 0 aromatic carbocycles. The van der Waals surface area contributed by atoms with Crippen molar-refractivity contribution < 1.29 is 18.8 Å². The molecule has 1 N–H and O–H groups in total. The third kappa shape index (κ3) is 4.58. The van der Waals surface area contributed by atoms with Gasteiger partial charge in [0.25, 0.3) is 5.89 Å². The van der Waals surface area contributed by atoms with Crippen molar-refractivity contribution in [1.82, 2.24) is 20.4 Å². The average Bonchev–Trinajstić information content (AvgIpc) is 2.86. The molecule has 19 heavy (non-hydrogen) atoms. The van der Waals surface area contributed by atoms with Crippen molar-refractivity contribution in [3.63, 3.8) is 0 Å². The number of ether oxygens (including phenoxy) is 2. The highest BCUT2D eigenvalue weighted by Crippen LogP contribution is 1.99. The molecule has 1 aromatic heterocycles. The van der Waals surface area contributed by atoms with E-state index < -0.39 is 0 Å². The zero-order chi connectivity index (χ0) is 13.5. The zero-order valence-corrected chi connectivity index (χ0v) is 10.9. The van der Waals surface area contributed by atoms with Crippen LogP contribution in [-0.4, -0.2) is 60.9 Å². The van der Waals surface area contributed by atoms with Crippen LogP contribution < -0.4 is 5.32 Å². The molecular weight excluding hydrogens is 252 g/mol. The van der Waals surface area contributed by atoms with Gasteiger partial charge in [-0.1, -0.05) is 5.16 Å². The predicted octanol–water partition coefficient (Wildman–Crippen LogP) is -0.836. The van der Waals surface area contributed by atoms with Crippen LogP contribution in [-0.2, 0) is 27.4 Å². The second kappa shape index (κ2) is 7.17. The number of rotatable bonds is 6. The van der Waals surface area contributed by atoms with Gasteiger partial charge < -0.3 is 19.3 Å². The Balaban J connectivity index is 1.69. The minimum absolute atomic E-state index is 0.0556. The van der Waals surface area contributed by atoms with E-state index in [4.69, 9.17) is 14.0 Å². The summed E-state index contributed by atoms with van der Waals surface area (Å²) in [5.74, 6) is 0.794. The van der Waals surface area contributed by atoms with Crippen molar-refractivity contribution >= 4 is 5.91 Å². The Bertz CT molecular complexity index is 403. The first-order valence-corrected chi connectivity index (χ1v) is 6.15. The number of aromatic nitrogens is 2. The summed E-state index contributed by atoms with van der Waals surface area (Å²) in [5.41, 5.74) is 0. The summed E-state index contributed by atoms with van der Waals surface area (Å²) >= 11 is 0. The minimum Gasteiger partial charge on any atom is -0.379 e. The first-order chi connectivity index (χ1) is 9.28. The van der Waals surface area contributed by atoms with Gasteiger partial charge >= 0.3 is 0 Å². The lowest BCUT2D eigenvalue weighted by Gasteiger charge is -2.25. The lowest BCUT2D eigenvalue weighted by Crippen LogP contribution is -2.43. The quantitative estimate of drug-likeness (QED) is 0.721. The standard InChI is InChI=1S/C11H18N4O4/c1-17-8-11-13-9(14-19-11)6-12-10(16)7-15-2-4-18-5-3-15/h2-8H2,1H3,(H,12,16). The molecule has 0 aliphatic carbocycles. The average molecular weight is 270 g/mol. The maximum Gasteiger partial charge on any atom is 0.252 e. The second-order valence-corrected chi connectivity index (χ2v) is 4.20. The monoisotopic (exact) mass is 270 g/mol. The van der Waals surface area contributed by atoms with Crippen molar-refractivity contribution in [3.8, 4) is 0 Å². The molecule has 0 radical (unpaired) electrons. The molecule has 1 fully saturated rings. The first kappa shape index (κ1) is 13.9. The molecule has 0 bridgehead atoms. The fourth-order valence-electron chi connectivity index (χ4n) is 1.74. The van der Waals surface area contributed by atoms with Gasteiger partial charge in [0, 0.05) is 20.2 Å². The van der Waals surface area contributed by atoms with Crippen LogP contribution in [0.25, 0.3) is 0 Å². The van der Waals surface area contributed by atoms with Crippen molar-refractivity contribution in [2.75, 3.05) is 40.0 Å². The van der Waals surface area contributed by atoms with Crippen LogP contribution in [0.2, 0.25) is 0 Å². The van der Waals surface area contributed by atoms with Crippen LogP contribution in [0.15, 0.2) is 4.52 Å². The van der Waals surface area contributed by atoms with E-state index in [0.717, 1.165) is 13.1 Å². The summed E-state index contributed by atoms with van der Waals surface area (Å²) < 4.78 is 15.0. The van der Waals surface area contributed by atoms with E-state index in [2.05, 4.69) is 15.5 Å². The summed E-state index contributed by atoms with van der Waals surface area (Å²) in [4.78, 5) is 17.8. The molecule has 0 unspecified atom stereocenters. The van der Waals surface area contributed by atoms with E-state index in [1.54, 1.807) is 7.11 Å². The minimum atomic E-state index is -0.0556. The number of morpholine rings is 1. The number of carbonyl (C=O) groups excluding carboxylic acids is 1. The Morgan fingerprint density at radius 2 is 2.26 bits per heavy atom. The van der Waals surface area contributed by atoms with Crippen molar-refractivity contribution in [3.05, 3.63) is 11.7 Å². The highest BCUT2D eigenvalue weighted by molar-refractivity contribution is 5.77. The smallest absolute Gasteiger partial charge is 0.252 e. The van der Waals surface area contributed by atoms with Crippen LogP contribution in [0.4, 0.5) is 0 Å². The zero-order valence-electron chi connectivity index (χ0n) is 10.9. The summed E-state index contributed by atoms with van der Waals surface area (Å²) in [6.45, 7) is 3.83. The molecule has 106 valence electrons. The molecule has 0 spiro atoms. The number of carbonyl (C=O) groups is 1. The van der Waals surface area contributed by atoms with Crippen molar-refractivity contribution in [2.45, 2.75) is 13.2 Å². The third-order valence-corrected chi connectivity index (χ3v) is 2.69. The van der Waals surface area contributed by atoms with Crippen LogP contribution in [0.1, 0.15) is 11.7 Å². The summed E-state index contributed by atoms with van der Waals surface area (Å²) in [7, 11) is 1.55. The van der Waals surface area contributed by atoms with E-state index in [1.165, 1.54) is 0 Å². The van der Waals surface area contributed by atoms with Gasteiger partial charge in [0.05, 0.1) is 26.3 Å². The Kier molecular flexibility index (Phi) is 5.25. The van der Waals surface area contributed by atoms with E-state index in [9.17, 15) is 4.79 Å². The Hall–Kier alpha value is -1.51. The molecule has 1 amide bonds. The molecule has 8 heteroatoms. The second-order valence-electron chi connectivity index (χ2n) is 4.20. The molecule has 2 rings (SSSR count). The molecule has 1 saturated heterocycles. The lowest BCUT2D eigenvalue weighted by molar-refractivity contribution is -0.123. The van der Waals surface area contributed by atoms with Gasteiger partial charge in [-0.3, -0.25) is 9.69 Å². The third-order valence-electron chi connectivity index (χ3n) is 2.69. The van der Waals surface area contributed by atoms with E-state index in [0.29, 0.717) is 31.5 Å². The highest BCUT2D eigenvalue weighted by Gasteiger charge is 2.14. The van der Waals surface area contributed by atoms with Gasteiger partial charge in [-0.15, -0.1) is 0 Å². The Labute approximate surface area is 111 Å². The Morgan fingerprint density at radius 3 is 3.00 bits per heavy atom. The van der Waals surface area contributed by atoms with Crippen molar-refractivity contribution in [1.29, 1.82) is 0 Å². The summed E-state index contributed by atoms with van der Waals surface area (Å²) in [6, 6.07) is 0. The topological polar surface area (TPSA) is 89.7 Å². The normalized spacial score (nSPS) is 16.5. The van der Waals surface area contributed by atoms with Gasteiger partial charge in [0.1, 0.15) is 6.61 Å². The molecule has 1 aromatic rings. The fraction of sp³-hybridized carbons (Fsp3) is 0.727. The molecule has 1 aliphatic rings. The van der Waals surface area contributed by atoms with Crippen LogP contribution in [0, 0.1) is 0 Å². The SMILES string of the molecule is COCc1nc(CNC(=O)CN2CCOCC2)no1. The maximum absolute atomic E-state index is 11.7. The van der Waals surface area contributed by atoms with E-state index in [-0.39, 0.29) is 19.1 Å². The molecule has 8 nitrogen and oxygen atoms in total. The van der Waals surface area contributed by atoms with Crippen LogP contribution in [0.3, 0.4) is 0 Å². The van der Waals surface area contributed by atoms with Gasteiger partial charge in [0.15, 0.2) is 5.82 Å². The van der Waals surface area contributed by atoms with Crippen LogP contribution in [0.5, 0.6) is 0 Å². The summed E-state index contributed by atoms with van der Waals surface area (Å²) in [6.07, 6.45) is 0. The van der Waals surface area contributed by atoms with Gasteiger partial charge in [0.2, 0.25) is 5.91 Å². The number of nitrogens with zero attached hydrogens (tertiary/aromatic N) is 3. The largest absolute Gasteiger partial charge is 0.379 e. The number of hydrogen-bond donors (Lipinski definition) is 1. The summed E-state index contributed by atoms with van der Waals surface area (Å²) in [5, 5.41) is 6.49. The number of amides is 1. The number of hydrogen-bond acceptors (Lipinski definition) is 7. The Morgan fingerprint density at radius 1 is 1.47 bits per heavy atom. The van der Waals surface area contributed by atoms with E-state index in [1.807, 2.05) is 4.90 Å². The molecule has 1 aliphatic heterocycles. The first-order valence-electron chi connectivity index (χ1n) is 6.15. The molecule has 2 heterocycles. The molecule has 0 saturated carbocycles. The van der Waals surface area contributed by atoms with Crippen molar-refractivity contribution in [2.24, 2.45) is 0 Å². The van der Waals surface area contributed by atoms with Gasteiger partial charge in [-0.05, 0) is 0 Å². The number of methoxy groups -OCH3 is 1. The van der Waals surface area contributed by atoms with E-state index >= 15 is 0 Å². The number of nitrogens with one attached hydrogen (secondary N) is 1. The lowest BCUT2D eigenvalue weighted by atomic mass is 10.4. The molecule has 0 atom stereocenters. The van der Waals surface area contributed by atoms with Crippen LogP contribution >= 0.6 is 0 Å². The van der Waals surface area contributed by atoms with Gasteiger partial charge in [-0.2, -0.15) is 4.98 Å². The molecular formula is C11H18N4O4. The fourth-order valence-corrected chi connectivity index (χ4v) is 1.74. The maximum atomic E-state index is 11.7. The van der Waals surface area contributed by atoms with Gasteiger partial charge in [-0.25, -0.2) is 0 Å². The highest BCUT2D eigenvalue weighted by atomic mass is 16.5. The predicted molar refractivity (Wildman–Crippen MR) is 64.1 cm³/mol.